The van der Waals surface area contributed by atoms with Gasteiger partial charge in [-0.25, -0.2) is 0 Å². The lowest BCUT2D eigenvalue weighted by Gasteiger charge is -2.32. The highest BCUT2D eigenvalue weighted by Crippen LogP contribution is 2.28. The van der Waals surface area contributed by atoms with Crippen molar-refractivity contribution in [3.63, 3.8) is 0 Å². The molecule has 2 rings (SSSR count). The molecule has 1 saturated heterocycles. The minimum Gasteiger partial charge on any atom is -0.508 e. The fraction of sp³-hybridized carbons (Fsp3) is 0.400. The molecule has 2 atom stereocenters. The number of phenolic OH excluding ortho intramolecular Hbond substituents is 1. The van der Waals surface area contributed by atoms with Gasteiger partial charge in [-0.3, -0.25) is 0 Å². The van der Waals surface area contributed by atoms with E-state index in [1.165, 1.54) is 0 Å². The molecule has 1 aromatic rings. The Bertz CT molecular complexity index is 297. The van der Waals surface area contributed by atoms with Gasteiger partial charge in [0.15, 0.2) is 0 Å². The van der Waals surface area contributed by atoms with Crippen LogP contribution >= 0.6 is 0 Å². The van der Waals surface area contributed by atoms with E-state index in [0.29, 0.717) is 5.56 Å². The zero-order valence-corrected chi connectivity index (χ0v) is 7.27. The Morgan fingerprint density at radius 1 is 1.38 bits per heavy atom. The number of aliphatic hydroxyl groups excluding tert-OH is 1. The molecule has 3 heteroatoms. The summed E-state index contributed by atoms with van der Waals surface area (Å²) in [6.45, 7) is 0.954. The summed E-state index contributed by atoms with van der Waals surface area (Å²) in [4.78, 5) is 0. The number of para-hydroxylation sites is 1. The number of hydrogen-bond acceptors (Lipinski definition) is 3. The fourth-order valence-corrected chi connectivity index (χ4v) is 1.53. The minimum atomic E-state index is -0.588. The third kappa shape index (κ3) is 1.53. The summed E-state index contributed by atoms with van der Waals surface area (Å²) in [5.74, 6) is 0.170. The van der Waals surface area contributed by atoms with Crippen LogP contribution in [-0.4, -0.2) is 22.8 Å². The molecule has 13 heavy (non-hydrogen) atoms. The number of phenols is 1. The molecule has 0 bridgehead atoms. The number of nitrogens with one attached hydrogen (secondary N) is 1. The van der Waals surface area contributed by atoms with E-state index in [0.717, 1.165) is 13.0 Å². The Morgan fingerprint density at radius 2 is 2.08 bits per heavy atom. The molecule has 3 N–H and O–H groups in total. The van der Waals surface area contributed by atoms with Crippen molar-refractivity contribution in [2.75, 3.05) is 6.54 Å². The standard InChI is InChI=1S/C10H13NO2/c12-9-4-2-1-3-7(9)10(13)8-5-6-11-8/h1-4,8,10-13H,5-6H2. The van der Waals surface area contributed by atoms with Gasteiger partial charge in [0.1, 0.15) is 5.75 Å². The van der Waals surface area contributed by atoms with E-state index in [4.69, 9.17) is 0 Å². The Labute approximate surface area is 77.0 Å². The van der Waals surface area contributed by atoms with Crippen LogP contribution in [0.25, 0.3) is 0 Å². The molecule has 1 aliphatic heterocycles. The van der Waals surface area contributed by atoms with E-state index in [1.54, 1.807) is 18.2 Å². The van der Waals surface area contributed by atoms with E-state index >= 15 is 0 Å². The average Bonchev–Trinajstić information content (AvgIpc) is 2.01. The first-order valence-corrected chi connectivity index (χ1v) is 4.48. The van der Waals surface area contributed by atoms with Crippen molar-refractivity contribution in [1.82, 2.24) is 5.32 Å². The van der Waals surface area contributed by atoms with Gasteiger partial charge in [-0.05, 0) is 19.0 Å². The molecular formula is C10H13NO2. The molecular weight excluding hydrogens is 166 g/mol. The first-order valence-electron chi connectivity index (χ1n) is 4.48. The SMILES string of the molecule is Oc1ccccc1C(O)C1CCN1. The summed E-state index contributed by atoms with van der Waals surface area (Å²) >= 11 is 0. The highest BCUT2D eigenvalue weighted by molar-refractivity contribution is 5.34. The van der Waals surface area contributed by atoms with Crippen molar-refractivity contribution in [1.29, 1.82) is 0 Å². The second-order valence-corrected chi connectivity index (χ2v) is 3.35. The summed E-state index contributed by atoms with van der Waals surface area (Å²) in [5, 5.41) is 22.4. The summed E-state index contributed by atoms with van der Waals surface area (Å²) in [6.07, 6.45) is 0.380. The molecule has 2 unspecified atom stereocenters. The largest absolute Gasteiger partial charge is 0.508 e. The van der Waals surface area contributed by atoms with Crippen LogP contribution in [0.1, 0.15) is 18.1 Å². The van der Waals surface area contributed by atoms with Gasteiger partial charge >= 0.3 is 0 Å². The van der Waals surface area contributed by atoms with E-state index in [1.807, 2.05) is 6.07 Å². The van der Waals surface area contributed by atoms with E-state index in [9.17, 15) is 10.2 Å². The molecule has 3 nitrogen and oxygen atoms in total. The van der Waals surface area contributed by atoms with Crippen LogP contribution in [0, 0.1) is 0 Å². The van der Waals surface area contributed by atoms with E-state index in [-0.39, 0.29) is 11.8 Å². The second-order valence-electron chi connectivity index (χ2n) is 3.35. The third-order valence-electron chi connectivity index (χ3n) is 2.50. The molecule has 1 fully saturated rings. The maximum Gasteiger partial charge on any atom is 0.121 e. The second kappa shape index (κ2) is 3.36. The fourth-order valence-electron chi connectivity index (χ4n) is 1.53. The Balaban J connectivity index is 2.18. The molecule has 0 aromatic heterocycles. The summed E-state index contributed by atoms with van der Waals surface area (Å²) < 4.78 is 0. The van der Waals surface area contributed by atoms with Crippen LogP contribution in [0.4, 0.5) is 0 Å². The van der Waals surface area contributed by atoms with E-state index < -0.39 is 6.10 Å². The van der Waals surface area contributed by atoms with Crippen LogP contribution in [0.2, 0.25) is 0 Å². The lowest BCUT2D eigenvalue weighted by Crippen LogP contribution is -2.46. The quantitative estimate of drug-likeness (QED) is 0.629. The molecule has 0 aliphatic carbocycles. The molecule has 0 saturated carbocycles. The van der Waals surface area contributed by atoms with Gasteiger partial charge in [0.25, 0.3) is 0 Å². The summed E-state index contributed by atoms with van der Waals surface area (Å²) in [7, 11) is 0. The molecule has 1 heterocycles. The third-order valence-corrected chi connectivity index (χ3v) is 2.50. The lowest BCUT2D eigenvalue weighted by atomic mass is 9.94. The van der Waals surface area contributed by atoms with Gasteiger partial charge in [-0.15, -0.1) is 0 Å². The minimum absolute atomic E-state index is 0.105. The maximum absolute atomic E-state index is 9.80. The smallest absolute Gasteiger partial charge is 0.121 e. The molecule has 1 aliphatic rings. The Kier molecular flexibility index (Phi) is 2.20. The predicted octanol–water partition coefficient (Wildman–Crippen LogP) is 0.788. The lowest BCUT2D eigenvalue weighted by molar-refractivity contribution is 0.0934. The monoisotopic (exact) mass is 179 g/mol. The van der Waals surface area contributed by atoms with Crippen LogP contribution in [0.5, 0.6) is 5.75 Å². The first kappa shape index (κ1) is 8.53. The van der Waals surface area contributed by atoms with Crippen LogP contribution in [0.3, 0.4) is 0 Å². The Hall–Kier alpha value is -1.06. The van der Waals surface area contributed by atoms with Crippen LogP contribution < -0.4 is 5.32 Å². The molecule has 0 amide bonds. The molecule has 0 spiro atoms. The zero-order chi connectivity index (χ0) is 9.26. The van der Waals surface area contributed by atoms with Gasteiger partial charge in [-0.1, -0.05) is 18.2 Å². The van der Waals surface area contributed by atoms with Crippen LogP contribution in [-0.2, 0) is 0 Å². The van der Waals surface area contributed by atoms with E-state index in [2.05, 4.69) is 5.32 Å². The van der Waals surface area contributed by atoms with Crippen molar-refractivity contribution in [3.8, 4) is 5.75 Å². The molecule has 70 valence electrons. The van der Waals surface area contributed by atoms with Gasteiger partial charge in [0.2, 0.25) is 0 Å². The normalized spacial score (nSPS) is 23.6. The van der Waals surface area contributed by atoms with Gasteiger partial charge in [0, 0.05) is 11.6 Å². The average molecular weight is 179 g/mol. The van der Waals surface area contributed by atoms with Crippen molar-refractivity contribution in [2.45, 2.75) is 18.6 Å². The topological polar surface area (TPSA) is 52.5 Å². The molecule has 0 radical (unpaired) electrons. The van der Waals surface area contributed by atoms with Gasteiger partial charge < -0.3 is 15.5 Å². The number of benzene rings is 1. The van der Waals surface area contributed by atoms with Crippen LogP contribution in [0.15, 0.2) is 24.3 Å². The Morgan fingerprint density at radius 3 is 2.62 bits per heavy atom. The van der Waals surface area contributed by atoms with Gasteiger partial charge in [-0.2, -0.15) is 0 Å². The van der Waals surface area contributed by atoms with Crippen molar-refractivity contribution in [2.24, 2.45) is 0 Å². The summed E-state index contributed by atoms with van der Waals surface area (Å²) in [6, 6.07) is 7.02. The highest BCUT2D eigenvalue weighted by Gasteiger charge is 2.27. The van der Waals surface area contributed by atoms with Crippen molar-refractivity contribution in [3.05, 3.63) is 29.8 Å². The van der Waals surface area contributed by atoms with Gasteiger partial charge in [0.05, 0.1) is 6.10 Å². The highest BCUT2D eigenvalue weighted by atomic mass is 16.3. The predicted molar refractivity (Wildman–Crippen MR) is 49.5 cm³/mol. The number of rotatable bonds is 2. The first-order chi connectivity index (χ1) is 6.29. The summed E-state index contributed by atoms with van der Waals surface area (Å²) in [5.41, 5.74) is 0.611. The van der Waals surface area contributed by atoms with Crippen molar-refractivity contribution < 1.29 is 10.2 Å². The number of aromatic hydroxyl groups is 1. The maximum atomic E-state index is 9.80. The number of aliphatic hydroxyl groups is 1. The van der Waals surface area contributed by atoms with Crippen molar-refractivity contribution >= 4 is 0 Å². The molecule has 1 aromatic carbocycles. The number of hydrogen-bond donors (Lipinski definition) is 3. The zero-order valence-electron chi connectivity index (χ0n) is 7.27.